The third kappa shape index (κ3) is 2.83. The van der Waals surface area contributed by atoms with E-state index < -0.39 is 5.91 Å². The summed E-state index contributed by atoms with van der Waals surface area (Å²) in [4.78, 5) is 15.6. The standard InChI is InChI=1S/C13H12N4O3/c14-12(17-20)8-1-3-9(4-2-8)16-13(19)10-5-6-15-7-11(10)18/h1-7,18,20H,(H2,14,17)(H,16,19). The number of pyridine rings is 1. The molecule has 0 aliphatic heterocycles. The van der Waals surface area contributed by atoms with Gasteiger partial charge in [0.05, 0.1) is 11.8 Å². The molecule has 0 aliphatic carbocycles. The van der Waals surface area contributed by atoms with E-state index in [0.717, 1.165) is 0 Å². The molecule has 1 aromatic heterocycles. The third-order valence-electron chi connectivity index (χ3n) is 2.59. The predicted octanol–water partition coefficient (Wildman–Crippen LogP) is 1.13. The number of aromatic hydroxyl groups is 1. The van der Waals surface area contributed by atoms with Gasteiger partial charge in [-0.15, -0.1) is 0 Å². The summed E-state index contributed by atoms with van der Waals surface area (Å²) < 4.78 is 0. The molecule has 0 aliphatic rings. The van der Waals surface area contributed by atoms with Gasteiger partial charge in [-0.05, 0) is 30.3 Å². The van der Waals surface area contributed by atoms with Crippen LogP contribution in [0, 0.1) is 0 Å². The zero-order valence-electron chi connectivity index (χ0n) is 10.3. The Morgan fingerprint density at radius 3 is 2.55 bits per heavy atom. The monoisotopic (exact) mass is 272 g/mol. The zero-order chi connectivity index (χ0) is 14.5. The molecule has 7 nitrogen and oxygen atoms in total. The lowest BCUT2D eigenvalue weighted by molar-refractivity contribution is 0.102. The minimum atomic E-state index is -0.457. The highest BCUT2D eigenvalue weighted by atomic mass is 16.4. The summed E-state index contributed by atoms with van der Waals surface area (Å²) >= 11 is 0. The first-order valence-electron chi connectivity index (χ1n) is 5.64. The minimum Gasteiger partial charge on any atom is -0.505 e. The summed E-state index contributed by atoms with van der Waals surface area (Å²) in [7, 11) is 0. The molecule has 1 heterocycles. The van der Waals surface area contributed by atoms with Crippen LogP contribution in [0.2, 0.25) is 0 Å². The van der Waals surface area contributed by atoms with Gasteiger partial charge in [-0.1, -0.05) is 5.16 Å². The van der Waals surface area contributed by atoms with Crippen molar-refractivity contribution in [1.29, 1.82) is 0 Å². The molecule has 0 spiro atoms. The molecule has 0 radical (unpaired) electrons. The van der Waals surface area contributed by atoms with Gasteiger partial charge in [-0.2, -0.15) is 0 Å². The molecule has 0 saturated carbocycles. The molecular weight excluding hydrogens is 260 g/mol. The van der Waals surface area contributed by atoms with E-state index in [2.05, 4.69) is 15.5 Å². The third-order valence-corrected chi connectivity index (χ3v) is 2.59. The summed E-state index contributed by atoms with van der Waals surface area (Å²) in [6.45, 7) is 0. The second-order valence-corrected chi connectivity index (χ2v) is 3.91. The van der Waals surface area contributed by atoms with Crippen molar-refractivity contribution < 1.29 is 15.1 Å². The van der Waals surface area contributed by atoms with E-state index in [4.69, 9.17) is 10.9 Å². The maximum Gasteiger partial charge on any atom is 0.259 e. The number of hydrogen-bond acceptors (Lipinski definition) is 5. The van der Waals surface area contributed by atoms with E-state index in [9.17, 15) is 9.90 Å². The summed E-state index contributed by atoms with van der Waals surface area (Å²) in [6.07, 6.45) is 2.60. The van der Waals surface area contributed by atoms with E-state index >= 15 is 0 Å². The highest BCUT2D eigenvalue weighted by molar-refractivity contribution is 6.06. The number of carbonyl (C=O) groups is 1. The number of carbonyl (C=O) groups excluding carboxylic acids is 1. The SMILES string of the molecule is N/C(=N/O)c1ccc(NC(=O)c2ccncc2O)cc1. The smallest absolute Gasteiger partial charge is 0.259 e. The number of rotatable bonds is 3. The molecule has 0 saturated heterocycles. The maximum atomic E-state index is 11.9. The number of anilines is 1. The Morgan fingerprint density at radius 2 is 1.95 bits per heavy atom. The molecular formula is C13H12N4O3. The normalized spacial score (nSPS) is 11.1. The zero-order valence-corrected chi connectivity index (χ0v) is 10.3. The highest BCUT2D eigenvalue weighted by Gasteiger charge is 2.10. The summed E-state index contributed by atoms with van der Waals surface area (Å²) in [5.74, 6) is -0.672. The van der Waals surface area contributed by atoms with Gasteiger partial charge in [0.15, 0.2) is 5.84 Å². The molecule has 20 heavy (non-hydrogen) atoms. The topological polar surface area (TPSA) is 121 Å². The Hall–Kier alpha value is -3.09. The minimum absolute atomic E-state index is 0.0188. The van der Waals surface area contributed by atoms with Gasteiger partial charge in [0.1, 0.15) is 5.75 Å². The van der Waals surface area contributed by atoms with Crippen LogP contribution < -0.4 is 11.1 Å². The van der Waals surface area contributed by atoms with Crippen LogP contribution in [0.5, 0.6) is 5.75 Å². The molecule has 1 aromatic carbocycles. The van der Waals surface area contributed by atoms with E-state index in [1.54, 1.807) is 24.3 Å². The van der Waals surface area contributed by atoms with Gasteiger partial charge >= 0.3 is 0 Å². The van der Waals surface area contributed by atoms with Crippen molar-refractivity contribution in [2.75, 3.05) is 5.32 Å². The first-order chi connectivity index (χ1) is 9.61. The molecule has 0 fully saturated rings. The lowest BCUT2D eigenvalue weighted by Gasteiger charge is -2.07. The second-order valence-electron chi connectivity index (χ2n) is 3.91. The quantitative estimate of drug-likeness (QED) is 0.289. The fraction of sp³-hybridized carbons (Fsp3) is 0. The van der Waals surface area contributed by atoms with E-state index in [-0.39, 0.29) is 17.1 Å². The van der Waals surface area contributed by atoms with Crippen LogP contribution in [-0.2, 0) is 0 Å². The second kappa shape index (κ2) is 5.70. The fourth-order valence-electron chi connectivity index (χ4n) is 1.56. The Bertz CT molecular complexity index is 653. The fourth-order valence-corrected chi connectivity index (χ4v) is 1.56. The van der Waals surface area contributed by atoms with E-state index in [0.29, 0.717) is 11.3 Å². The van der Waals surface area contributed by atoms with Crippen molar-refractivity contribution in [2.45, 2.75) is 0 Å². The summed E-state index contributed by atoms with van der Waals surface area (Å²) in [5, 5.41) is 23.6. The number of oxime groups is 1. The molecule has 0 atom stereocenters. The van der Waals surface area contributed by atoms with Crippen molar-refractivity contribution in [2.24, 2.45) is 10.9 Å². The molecule has 102 valence electrons. The average molecular weight is 272 g/mol. The number of benzene rings is 1. The van der Waals surface area contributed by atoms with Crippen LogP contribution in [-0.4, -0.2) is 27.0 Å². The summed E-state index contributed by atoms with van der Waals surface area (Å²) in [5.41, 5.74) is 6.59. The Balaban J connectivity index is 2.15. The average Bonchev–Trinajstić information content (AvgIpc) is 2.47. The van der Waals surface area contributed by atoms with Crippen LogP contribution >= 0.6 is 0 Å². The molecule has 5 N–H and O–H groups in total. The number of amidine groups is 1. The predicted molar refractivity (Wildman–Crippen MR) is 72.8 cm³/mol. The van der Waals surface area contributed by atoms with Crippen molar-refractivity contribution >= 4 is 17.4 Å². The van der Waals surface area contributed by atoms with E-state index in [1.807, 2.05) is 0 Å². The van der Waals surface area contributed by atoms with Gasteiger partial charge in [0, 0.05) is 17.4 Å². The number of nitrogens with zero attached hydrogens (tertiary/aromatic N) is 2. The van der Waals surface area contributed by atoms with Crippen LogP contribution in [0.15, 0.2) is 47.9 Å². The van der Waals surface area contributed by atoms with Crippen molar-refractivity contribution in [3.05, 3.63) is 53.9 Å². The van der Waals surface area contributed by atoms with Gasteiger partial charge in [0.2, 0.25) is 0 Å². The Labute approximate surface area is 114 Å². The number of aromatic nitrogens is 1. The first kappa shape index (κ1) is 13.3. The first-order valence-corrected chi connectivity index (χ1v) is 5.64. The van der Waals surface area contributed by atoms with Gasteiger partial charge < -0.3 is 21.4 Å². The molecule has 0 unspecified atom stereocenters. The Morgan fingerprint density at radius 1 is 1.25 bits per heavy atom. The number of amides is 1. The lowest BCUT2D eigenvalue weighted by Crippen LogP contribution is -2.14. The number of nitrogens with one attached hydrogen (secondary N) is 1. The van der Waals surface area contributed by atoms with Crippen LogP contribution in [0.3, 0.4) is 0 Å². The number of nitrogens with two attached hydrogens (primary N) is 1. The largest absolute Gasteiger partial charge is 0.505 e. The molecule has 0 bridgehead atoms. The van der Waals surface area contributed by atoms with Gasteiger partial charge in [-0.25, -0.2) is 0 Å². The molecule has 2 rings (SSSR count). The van der Waals surface area contributed by atoms with Gasteiger partial charge in [-0.3, -0.25) is 9.78 Å². The van der Waals surface area contributed by atoms with Crippen LogP contribution in [0.25, 0.3) is 0 Å². The Kier molecular flexibility index (Phi) is 3.80. The maximum absolute atomic E-state index is 11.9. The van der Waals surface area contributed by atoms with Gasteiger partial charge in [0.25, 0.3) is 5.91 Å². The highest BCUT2D eigenvalue weighted by Crippen LogP contribution is 2.17. The van der Waals surface area contributed by atoms with Crippen LogP contribution in [0.4, 0.5) is 5.69 Å². The summed E-state index contributed by atoms with van der Waals surface area (Å²) in [6, 6.07) is 7.80. The van der Waals surface area contributed by atoms with Crippen molar-refractivity contribution in [3.8, 4) is 5.75 Å². The van der Waals surface area contributed by atoms with Crippen LogP contribution in [0.1, 0.15) is 15.9 Å². The molecule has 7 heteroatoms. The molecule has 2 aromatic rings. The number of hydrogen-bond donors (Lipinski definition) is 4. The lowest BCUT2D eigenvalue weighted by atomic mass is 10.2. The van der Waals surface area contributed by atoms with E-state index in [1.165, 1.54) is 18.5 Å². The van der Waals surface area contributed by atoms with Crippen molar-refractivity contribution in [3.63, 3.8) is 0 Å². The molecule has 1 amide bonds. The van der Waals surface area contributed by atoms with Crippen molar-refractivity contribution in [1.82, 2.24) is 4.98 Å².